The summed E-state index contributed by atoms with van der Waals surface area (Å²) in [6.45, 7) is 7.12. The zero-order valence-corrected chi connectivity index (χ0v) is 14.9. The van der Waals surface area contributed by atoms with Gasteiger partial charge < -0.3 is 15.7 Å². The summed E-state index contributed by atoms with van der Waals surface area (Å²) in [5.41, 5.74) is 0.653. The largest absolute Gasteiger partial charge is 0.389 e. The standard InChI is InChI=1S/C17H26Cl2N2O/c1-16(2,22)11-21-9-7-17(6-3-8-20-12-17)13-4-5-14(18)15(19)10-13/h4-5,10,20-22H,3,6-9,11-12H2,1-2H3/t17-/m1/s1. The van der Waals surface area contributed by atoms with Crippen LogP contribution in [0.3, 0.4) is 0 Å². The Balaban J connectivity index is 2.08. The molecule has 22 heavy (non-hydrogen) atoms. The molecule has 5 heteroatoms. The summed E-state index contributed by atoms with van der Waals surface area (Å²) < 4.78 is 0. The van der Waals surface area contributed by atoms with Gasteiger partial charge in [-0.1, -0.05) is 29.3 Å². The minimum Gasteiger partial charge on any atom is -0.389 e. The predicted octanol–water partition coefficient (Wildman–Crippen LogP) is 3.37. The summed E-state index contributed by atoms with van der Waals surface area (Å²) in [5, 5.41) is 17.9. The van der Waals surface area contributed by atoms with Crippen molar-refractivity contribution in [3.05, 3.63) is 33.8 Å². The fourth-order valence-electron chi connectivity index (χ4n) is 3.12. The molecule has 0 unspecified atom stereocenters. The number of halogens is 2. The van der Waals surface area contributed by atoms with Crippen LogP contribution in [0.2, 0.25) is 10.0 Å². The Morgan fingerprint density at radius 2 is 2.09 bits per heavy atom. The van der Waals surface area contributed by atoms with E-state index in [0.29, 0.717) is 16.6 Å². The summed E-state index contributed by atoms with van der Waals surface area (Å²) in [6, 6.07) is 5.99. The maximum atomic E-state index is 9.80. The fraction of sp³-hybridized carbons (Fsp3) is 0.647. The van der Waals surface area contributed by atoms with Crippen molar-refractivity contribution in [2.24, 2.45) is 0 Å². The van der Waals surface area contributed by atoms with Crippen LogP contribution in [0.4, 0.5) is 0 Å². The van der Waals surface area contributed by atoms with Crippen LogP contribution in [0.25, 0.3) is 0 Å². The van der Waals surface area contributed by atoms with Crippen molar-refractivity contribution in [3.8, 4) is 0 Å². The highest BCUT2D eigenvalue weighted by atomic mass is 35.5. The third kappa shape index (κ3) is 4.84. The van der Waals surface area contributed by atoms with Gasteiger partial charge in [0.2, 0.25) is 0 Å². The minimum atomic E-state index is -0.679. The Hall–Kier alpha value is -0.320. The van der Waals surface area contributed by atoms with E-state index < -0.39 is 5.60 Å². The van der Waals surface area contributed by atoms with E-state index in [-0.39, 0.29) is 5.41 Å². The average molecular weight is 345 g/mol. The molecular weight excluding hydrogens is 319 g/mol. The molecule has 0 aliphatic carbocycles. The van der Waals surface area contributed by atoms with E-state index in [1.807, 2.05) is 26.0 Å². The average Bonchev–Trinajstić information content (AvgIpc) is 2.46. The molecule has 3 nitrogen and oxygen atoms in total. The summed E-state index contributed by atoms with van der Waals surface area (Å²) in [6.07, 6.45) is 3.31. The van der Waals surface area contributed by atoms with E-state index in [1.165, 1.54) is 5.56 Å². The van der Waals surface area contributed by atoms with E-state index in [2.05, 4.69) is 16.7 Å². The van der Waals surface area contributed by atoms with Crippen LogP contribution < -0.4 is 10.6 Å². The van der Waals surface area contributed by atoms with Gasteiger partial charge in [-0.2, -0.15) is 0 Å². The lowest BCUT2D eigenvalue weighted by Gasteiger charge is -2.39. The second-order valence-electron chi connectivity index (χ2n) is 6.93. The van der Waals surface area contributed by atoms with Crippen LogP contribution >= 0.6 is 23.2 Å². The highest BCUT2D eigenvalue weighted by molar-refractivity contribution is 6.42. The maximum Gasteiger partial charge on any atom is 0.0715 e. The van der Waals surface area contributed by atoms with Crippen molar-refractivity contribution in [1.29, 1.82) is 0 Å². The fourth-order valence-corrected chi connectivity index (χ4v) is 3.42. The third-order valence-corrected chi connectivity index (χ3v) is 5.08. The van der Waals surface area contributed by atoms with Gasteiger partial charge in [-0.15, -0.1) is 0 Å². The van der Waals surface area contributed by atoms with Crippen molar-refractivity contribution in [2.75, 3.05) is 26.2 Å². The second kappa shape index (κ2) is 7.50. The number of hydrogen-bond acceptors (Lipinski definition) is 3. The molecule has 1 aliphatic rings. The molecule has 1 atom stereocenters. The van der Waals surface area contributed by atoms with Gasteiger partial charge in [-0.05, 0) is 63.9 Å². The molecule has 2 rings (SSSR count). The summed E-state index contributed by atoms with van der Waals surface area (Å²) in [7, 11) is 0. The van der Waals surface area contributed by atoms with E-state index in [1.54, 1.807) is 0 Å². The lowest BCUT2D eigenvalue weighted by molar-refractivity contribution is 0.0791. The van der Waals surface area contributed by atoms with Crippen LogP contribution in [0.15, 0.2) is 18.2 Å². The molecule has 0 bridgehead atoms. The van der Waals surface area contributed by atoms with Crippen LogP contribution in [-0.4, -0.2) is 36.9 Å². The molecule has 0 spiro atoms. The SMILES string of the molecule is CC(C)(O)CNCC[C@]1(c2ccc(Cl)c(Cl)c2)CCCNC1. The Morgan fingerprint density at radius 3 is 2.68 bits per heavy atom. The van der Waals surface area contributed by atoms with Gasteiger partial charge in [-0.25, -0.2) is 0 Å². The van der Waals surface area contributed by atoms with Gasteiger partial charge >= 0.3 is 0 Å². The molecule has 1 fully saturated rings. The monoisotopic (exact) mass is 344 g/mol. The number of hydrogen-bond donors (Lipinski definition) is 3. The van der Waals surface area contributed by atoms with Gasteiger partial charge in [0.1, 0.15) is 0 Å². The minimum absolute atomic E-state index is 0.0824. The molecule has 0 saturated carbocycles. The van der Waals surface area contributed by atoms with Crippen LogP contribution in [-0.2, 0) is 5.41 Å². The number of nitrogens with one attached hydrogen (secondary N) is 2. The Bertz CT molecular complexity index is 494. The molecule has 1 aromatic rings. The van der Waals surface area contributed by atoms with Crippen molar-refractivity contribution in [2.45, 2.75) is 44.1 Å². The molecule has 1 saturated heterocycles. The molecular formula is C17H26Cl2N2O. The molecule has 0 amide bonds. The van der Waals surface area contributed by atoms with Crippen molar-refractivity contribution >= 4 is 23.2 Å². The molecule has 0 aromatic heterocycles. The van der Waals surface area contributed by atoms with E-state index >= 15 is 0 Å². The van der Waals surface area contributed by atoms with Crippen molar-refractivity contribution in [3.63, 3.8) is 0 Å². The molecule has 124 valence electrons. The van der Waals surface area contributed by atoms with Crippen molar-refractivity contribution < 1.29 is 5.11 Å². The first-order valence-electron chi connectivity index (χ1n) is 7.92. The summed E-state index contributed by atoms with van der Waals surface area (Å²) in [5.74, 6) is 0. The lowest BCUT2D eigenvalue weighted by Crippen LogP contribution is -2.46. The predicted molar refractivity (Wildman–Crippen MR) is 94.0 cm³/mol. The number of benzene rings is 1. The molecule has 3 N–H and O–H groups in total. The second-order valence-corrected chi connectivity index (χ2v) is 7.74. The highest BCUT2D eigenvalue weighted by Crippen LogP contribution is 2.37. The summed E-state index contributed by atoms with van der Waals surface area (Å²) in [4.78, 5) is 0. The van der Waals surface area contributed by atoms with Crippen molar-refractivity contribution in [1.82, 2.24) is 10.6 Å². The van der Waals surface area contributed by atoms with Gasteiger partial charge in [-0.3, -0.25) is 0 Å². The maximum absolute atomic E-state index is 9.80. The quantitative estimate of drug-likeness (QED) is 0.693. The van der Waals surface area contributed by atoms with Crippen LogP contribution in [0.5, 0.6) is 0 Å². The molecule has 1 aliphatic heterocycles. The Morgan fingerprint density at radius 1 is 1.32 bits per heavy atom. The number of piperidine rings is 1. The first-order chi connectivity index (χ1) is 10.3. The van der Waals surface area contributed by atoms with Gasteiger partial charge in [0.15, 0.2) is 0 Å². The lowest BCUT2D eigenvalue weighted by atomic mass is 9.72. The topological polar surface area (TPSA) is 44.3 Å². The first-order valence-corrected chi connectivity index (χ1v) is 8.67. The van der Waals surface area contributed by atoms with E-state index in [4.69, 9.17) is 23.2 Å². The number of aliphatic hydroxyl groups is 1. The van der Waals surface area contributed by atoms with Crippen LogP contribution in [0, 0.1) is 0 Å². The molecule has 1 aromatic carbocycles. The van der Waals surface area contributed by atoms with Gasteiger partial charge in [0.25, 0.3) is 0 Å². The Kier molecular flexibility index (Phi) is 6.14. The Labute approximate surface area is 143 Å². The van der Waals surface area contributed by atoms with Gasteiger partial charge in [0, 0.05) is 18.5 Å². The normalized spacial score (nSPS) is 22.8. The summed E-state index contributed by atoms with van der Waals surface area (Å²) >= 11 is 12.3. The highest BCUT2D eigenvalue weighted by Gasteiger charge is 2.33. The zero-order chi connectivity index (χ0) is 16.2. The zero-order valence-electron chi connectivity index (χ0n) is 13.4. The third-order valence-electron chi connectivity index (χ3n) is 4.34. The smallest absolute Gasteiger partial charge is 0.0715 e. The van der Waals surface area contributed by atoms with Crippen LogP contribution in [0.1, 0.15) is 38.7 Å². The number of rotatable bonds is 6. The first kappa shape index (κ1) is 18.0. The van der Waals surface area contributed by atoms with Gasteiger partial charge in [0.05, 0.1) is 15.6 Å². The molecule has 1 heterocycles. The van der Waals surface area contributed by atoms with E-state index in [0.717, 1.165) is 38.9 Å². The molecule has 0 radical (unpaired) electrons. The van der Waals surface area contributed by atoms with E-state index in [9.17, 15) is 5.11 Å².